The largest absolute Gasteiger partial charge is 0.454 e. The molecule has 1 aromatic carbocycles. The van der Waals surface area contributed by atoms with Gasteiger partial charge in [-0.25, -0.2) is 4.79 Å². The lowest BCUT2D eigenvalue weighted by molar-refractivity contribution is -0.219. The van der Waals surface area contributed by atoms with Crippen molar-refractivity contribution < 1.29 is 39.2 Å². The molecule has 198 valence electrons. The van der Waals surface area contributed by atoms with Crippen molar-refractivity contribution in [2.45, 2.75) is 63.9 Å². The molecule has 0 bridgehead atoms. The van der Waals surface area contributed by atoms with Crippen molar-refractivity contribution in [3.05, 3.63) is 59.2 Å². The van der Waals surface area contributed by atoms with E-state index in [4.69, 9.17) is 9.47 Å². The van der Waals surface area contributed by atoms with Crippen molar-refractivity contribution in [1.29, 1.82) is 0 Å². The molecule has 0 aliphatic heterocycles. The van der Waals surface area contributed by atoms with Crippen molar-refractivity contribution in [2.24, 2.45) is 29.1 Å². The number of esters is 2. The van der Waals surface area contributed by atoms with Gasteiger partial charge < -0.3 is 24.8 Å². The lowest BCUT2D eigenvalue weighted by atomic mass is 9.59. The van der Waals surface area contributed by atoms with Crippen molar-refractivity contribution in [3.63, 3.8) is 0 Å². The summed E-state index contributed by atoms with van der Waals surface area (Å²) in [6, 6.07) is 8.42. The van der Waals surface area contributed by atoms with E-state index in [9.17, 15) is 29.7 Å². The topological polar surface area (TPSA) is 130 Å². The standard InChI is InChI=1S/C29H34O8/c1-15-11-21-27(34,23(15)32)13-18(14-30)12-20-22-26(4,5)29(22,37-17(3)31)24(16(2)28(20,21)35)36-25(33)19-9-7-6-8-10-19/h6-12,16,20-22,24,30,34-35H,13-14H2,1-5H3/t16-,20+,21-,22-,24-,27-,28-,29-/m1/s1. The van der Waals surface area contributed by atoms with E-state index in [-0.39, 0.29) is 6.42 Å². The van der Waals surface area contributed by atoms with Gasteiger partial charge in [-0.2, -0.15) is 0 Å². The normalized spacial score (nSPS) is 41.3. The molecule has 8 heteroatoms. The fraction of sp³-hybridized carbons (Fsp3) is 0.552. The molecule has 4 aliphatic carbocycles. The maximum atomic E-state index is 13.3. The predicted octanol–water partition coefficient (Wildman–Crippen LogP) is 2.37. The Kier molecular flexibility index (Phi) is 5.65. The lowest BCUT2D eigenvalue weighted by Crippen LogP contribution is -2.66. The fourth-order valence-corrected chi connectivity index (χ4v) is 7.82. The number of carbonyl (C=O) groups is 3. The molecular weight excluding hydrogens is 476 g/mol. The molecule has 0 heterocycles. The minimum Gasteiger partial charge on any atom is -0.454 e. The Labute approximate surface area is 216 Å². The molecule has 5 rings (SSSR count). The number of ether oxygens (including phenoxy) is 2. The minimum atomic E-state index is -1.95. The Hall–Kier alpha value is -2.81. The zero-order valence-corrected chi connectivity index (χ0v) is 21.7. The number of rotatable bonds is 4. The zero-order chi connectivity index (χ0) is 27.1. The number of hydrogen-bond donors (Lipinski definition) is 3. The molecule has 37 heavy (non-hydrogen) atoms. The van der Waals surface area contributed by atoms with Crippen LogP contribution in [0.15, 0.2) is 53.6 Å². The van der Waals surface area contributed by atoms with Gasteiger partial charge in [-0.15, -0.1) is 0 Å². The van der Waals surface area contributed by atoms with Crippen LogP contribution in [-0.4, -0.2) is 62.6 Å². The number of fused-ring (bicyclic) bond motifs is 5. The van der Waals surface area contributed by atoms with E-state index < -0.39 is 76.3 Å². The van der Waals surface area contributed by atoms with Crippen LogP contribution in [0.2, 0.25) is 0 Å². The molecule has 0 radical (unpaired) electrons. The van der Waals surface area contributed by atoms with E-state index in [0.717, 1.165) is 0 Å². The highest BCUT2D eigenvalue weighted by atomic mass is 16.6. The Morgan fingerprint density at radius 3 is 2.35 bits per heavy atom. The Balaban J connectivity index is 1.70. The van der Waals surface area contributed by atoms with Crippen LogP contribution >= 0.6 is 0 Å². The molecule has 0 spiro atoms. The second kappa shape index (κ2) is 8.09. The summed E-state index contributed by atoms with van der Waals surface area (Å²) in [5.74, 6) is -4.75. The number of hydrogen-bond acceptors (Lipinski definition) is 8. The quantitative estimate of drug-likeness (QED) is 0.416. The van der Waals surface area contributed by atoms with Gasteiger partial charge in [0.2, 0.25) is 0 Å². The second-order valence-electron chi connectivity index (χ2n) is 11.7. The van der Waals surface area contributed by atoms with Crippen LogP contribution < -0.4 is 0 Å². The van der Waals surface area contributed by atoms with E-state index in [1.165, 1.54) is 6.92 Å². The first-order valence-electron chi connectivity index (χ1n) is 12.7. The molecule has 8 atom stereocenters. The van der Waals surface area contributed by atoms with E-state index in [1.54, 1.807) is 56.3 Å². The fourth-order valence-electron chi connectivity index (χ4n) is 7.82. The summed E-state index contributed by atoms with van der Waals surface area (Å²) in [6.45, 7) is 7.99. The smallest absolute Gasteiger partial charge is 0.338 e. The molecule has 0 aromatic heterocycles. The molecule has 0 unspecified atom stereocenters. The molecule has 1 aromatic rings. The summed E-state index contributed by atoms with van der Waals surface area (Å²) in [7, 11) is 0. The first-order chi connectivity index (χ1) is 17.3. The summed E-state index contributed by atoms with van der Waals surface area (Å²) in [5, 5.41) is 34.5. The number of carbonyl (C=O) groups excluding carboxylic acids is 3. The number of aliphatic hydroxyl groups is 3. The number of benzene rings is 1. The summed E-state index contributed by atoms with van der Waals surface area (Å²) >= 11 is 0. The molecule has 3 N–H and O–H groups in total. The molecule has 2 fully saturated rings. The maximum absolute atomic E-state index is 13.3. The van der Waals surface area contributed by atoms with Crippen molar-refractivity contribution in [2.75, 3.05) is 6.61 Å². The first kappa shape index (κ1) is 25.8. The van der Waals surface area contributed by atoms with Crippen molar-refractivity contribution in [3.8, 4) is 0 Å². The molecule has 2 saturated carbocycles. The van der Waals surface area contributed by atoms with Gasteiger partial charge in [0.05, 0.1) is 17.8 Å². The molecule has 0 saturated heterocycles. The van der Waals surface area contributed by atoms with Gasteiger partial charge in [-0.05, 0) is 30.2 Å². The van der Waals surface area contributed by atoms with Gasteiger partial charge in [0.15, 0.2) is 11.4 Å². The van der Waals surface area contributed by atoms with Crippen LogP contribution in [0.5, 0.6) is 0 Å². The van der Waals surface area contributed by atoms with Crippen LogP contribution in [0.4, 0.5) is 0 Å². The molecule has 8 nitrogen and oxygen atoms in total. The van der Waals surface area contributed by atoms with E-state index in [1.807, 2.05) is 13.8 Å². The van der Waals surface area contributed by atoms with Gasteiger partial charge in [0.25, 0.3) is 0 Å². The van der Waals surface area contributed by atoms with Crippen molar-refractivity contribution >= 4 is 17.7 Å². The Morgan fingerprint density at radius 1 is 1.11 bits per heavy atom. The minimum absolute atomic E-state index is 0.130. The third kappa shape index (κ3) is 3.22. The van der Waals surface area contributed by atoms with Gasteiger partial charge in [0, 0.05) is 42.4 Å². The van der Waals surface area contributed by atoms with Gasteiger partial charge in [-0.3, -0.25) is 9.59 Å². The summed E-state index contributed by atoms with van der Waals surface area (Å²) in [6.07, 6.45) is 2.14. The van der Waals surface area contributed by atoms with Gasteiger partial charge in [-0.1, -0.05) is 51.1 Å². The Bertz CT molecular complexity index is 1230. The highest BCUT2D eigenvalue weighted by Crippen LogP contribution is 2.77. The van der Waals surface area contributed by atoms with E-state index in [2.05, 4.69) is 0 Å². The third-order valence-corrected chi connectivity index (χ3v) is 9.51. The Morgan fingerprint density at radius 2 is 1.76 bits per heavy atom. The monoisotopic (exact) mass is 510 g/mol. The average molecular weight is 511 g/mol. The van der Waals surface area contributed by atoms with Crippen molar-refractivity contribution in [1.82, 2.24) is 0 Å². The first-order valence-corrected chi connectivity index (χ1v) is 12.7. The van der Waals surface area contributed by atoms with Crippen LogP contribution in [-0.2, 0) is 19.1 Å². The molecule has 0 amide bonds. The summed E-state index contributed by atoms with van der Waals surface area (Å²) < 4.78 is 12.1. The maximum Gasteiger partial charge on any atom is 0.338 e. The number of Topliss-reactive ketones (excluding diaryl/α,β-unsaturated/α-hetero) is 1. The average Bonchev–Trinajstić information content (AvgIpc) is 3.27. The highest BCUT2D eigenvalue weighted by Gasteiger charge is 2.87. The SMILES string of the molecule is CC(=O)O[C@@]12[C@H](OC(=O)c3ccccc3)[C@@H](C)[C@@]3(O)[C@@H](C=C(CO)C[C@]4(O)C(=O)C(C)=C[C@@H]34)[C@@H]1C2(C)C. The van der Waals surface area contributed by atoms with Crippen LogP contribution in [0, 0.1) is 29.1 Å². The number of ketones is 1. The summed E-state index contributed by atoms with van der Waals surface area (Å²) in [4.78, 5) is 38.9. The van der Waals surface area contributed by atoms with Gasteiger partial charge in [0.1, 0.15) is 11.7 Å². The molecule has 4 aliphatic rings. The van der Waals surface area contributed by atoms with Gasteiger partial charge >= 0.3 is 11.9 Å². The van der Waals surface area contributed by atoms with Crippen LogP contribution in [0.25, 0.3) is 0 Å². The summed E-state index contributed by atoms with van der Waals surface area (Å²) in [5.41, 5.74) is -4.62. The zero-order valence-electron chi connectivity index (χ0n) is 21.7. The predicted molar refractivity (Wildman–Crippen MR) is 132 cm³/mol. The lowest BCUT2D eigenvalue weighted by Gasteiger charge is -2.53. The second-order valence-corrected chi connectivity index (χ2v) is 11.7. The number of aliphatic hydroxyl groups excluding tert-OH is 1. The molecular formula is C29H34O8. The van der Waals surface area contributed by atoms with Crippen LogP contribution in [0.1, 0.15) is 51.4 Å². The van der Waals surface area contributed by atoms with E-state index >= 15 is 0 Å². The highest BCUT2D eigenvalue weighted by molar-refractivity contribution is 6.04. The van der Waals surface area contributed by atoms with Crippen LogP contribution in [0.3, 0.4) is 0 Å². The van der Waals surface area contributed by atoms with E-state index in [0.29, 0.717) is 16.7 Å². The third-order valence-electron chi connectivity index (χ3n) is 9.51.